The zero-order chi connectivity index (χ0) is 15.3. The second-order valence-corrected chi connectivity index (χ2v) is 11.6. The molecule has 0 amide bonds. The summed E-state index contributed by atoms with van der Waals surface area (Å²) in [6, 6.07) is 20.6. The maximum Gasteiger partial charge on any atom is 0.0847 e. The van der Waals surface area contributed by atoms with Gasteiger partial charge in [0.1, 0.15) is 0 Å². The molecule has 0 radical (unpaired) electrons. The van der Waals surface area contributed by atoms with E-state index in [-0.39, 0.29) is 0 Å². The predicted octanol–water partition coefficient (Wildman–Crippen LogP) is 5.70. The van der Waals surface area contributed by atoms with Gasteiger partial charge in [-0.15, -0.1) is 0 Å². The number of hydrogen-bond donors (Lipinski definition) is 0. The van der Waals surface area contributed by atoms with E-state index in [0.29, 0.717) is 11.1 Å². The molecule has 2 aromatic carbocycles. The first-order chi connectivity index (χ1) is 11.4. The van der Waals surface area contributed by atoms with Crippen LogP contribution in [0, 0.1) is 0 Å². The van der Waals surface area contributed by atoms with E-state index in [1.807, 2.05) is 0 Å². The largest absolute Gasteiger partial charge is 0.0914 e. The van der Waals surface area contributed by atoms with Crippen molar-refractivity contribution < 1.29 is 0 Å². The molecule has 0 saturated heterocycles. The van der Waals surface area contributed by atoms with Gasteiger partial charge in [0, 0.05) is 0 Å². The summed E-state index contributed by atoms with van der Waals surface area (Å²) in [5.74, 6) is 0. The molecule has 23 heavy (non-hydrogen) atoms. The quantitative estimate of drug-likeness (QED) is 0.492. The topological polar surface area (TPSA) is 0 Å². The molecular weight excluding hydrogens is 292 g/mol. The Morgan fingerprint density at radius 2 is 1.13 bits per heavy atom. The fraction of sp³-hybridized carbons (Fsp3) is 0.182. The van der Waals surface area contributed by atoms with E-state index < -0.39 is 8.07 Å². The van der Waals surface area contributed by atoms with Gasteiger partial charge in [-0.2, -0.15) is 0 Å². The third-order valence-electron chi connectivity index (χ3n) is 6.00. The van der Waals surface area contributed by atoms with Gasteiger partial charge in [0.15, 0.2) is 0 Å². The van der Waals surface area contributed by atoms with E-state index in [2.05, 4.69) is 85.0 Å². The number of allylic oxidation sites excluding steroid dienone is 4. The van der Waals surface area contributed by atoms with Crippen molar-refractivity contribution in [3.8, 4) is 0 Å². The van der Waals surface area contributed by atoms with Gasteiger partial charge in [-0.1, -0.05) is 85.0 Å². The van der Waals surface area contributed by atoms with Crippen molar-refractivity contribution in [2.75, 3.05) is 0 Å². The zero-order valence-electron chi connectivity index (χ0n) is 13.2. The SMILES string of the molecule is C1=CC[Si](C2C=Cc3ccccc32)(C2C=Cc3ccccc32)C1. The second-order valence-electron chi connectivity index (χ2n) is 7.04. The Morgan fingerprint density at radius 3 is 1.65 bits per heavy atom. The standard InChI is InChI=1S/C22H20Si/c1-3-9-19-17(7-1)11-13-21(19)23(15-5-6-16-23)22-14-12-18-8-2-4-10-20(18)22/h1-14,21-22H,15-16H2. The van der Waals surface area contributed by atoms with E-state index in [1.54, 1.807) is 11.1 Å². The van der Waals surface area contributed by atoms with Crippen LogP contribution in [0.1, 0.15) is 33.3 Å². The highest BCUT2D eigenvalue weighted by molar-refractivity contribution is 6.85. The summed E-state index contributed by atoms with van der Waals surface area (Å²) in [4.78, 5) is 0. The normalized spacial score (nSPS) is 25.7. The van der Waals surface area contributed by atoms with Crippen molar-refractivity contribution in [2.45, 2.75) is 23.2 Å². The van der Waals surface area contributed by atoms with Crippen LogP contribution >= 0.6 is 0 Å². The van der Waals surface area contributed by atoms with Gasteiger partial charge in [0.25, 0.3) is 0 Å². The van der Waals surface area contributed by atoms with E-state index in [0.717, 1.165) is 0 Å². The van der Waals surface area contributed by atoms with Crippen LogP contribution in [0.5, 0.6) is 0 Å². The van der Waals surface area contributed by atoms with Gasteiger partial charge >= 0.3 is 0 Å². The molecule has 112 valence electrons. The summed E-state index contributed by atoms with van der Waals surface area (Å²) >= 11 is 0. The molecular formula is C22H20Si. The van der Waals surface area contributed by atoms with Crippen LogP contribution in [0.3, 0.4) is 0 Å². The minimum absolute atomic E-state index is 0.648. The molecule has 0 nitrogen and oxygen atoms in total. The van der Waals surface area contributed by atoms with Gasteiger partial charge in [0.2, 0.25) is 0 Å². The Bertz CT molecular complexity index is 784. The average molecular weight is 312 g/mol. The maximum atomic E-state index is 2.51. The lowest BCUT2D eigenvalue weighted by molar-refractivity contribution is 1.02. The monoisotopic (exact) mass is 312 g/mol. The molecule has 0 bridgehead atoms. The number of rotatable bonds is 2. The molecule has 3 aliphatic rings. The van der Waals surface area contributed by atoms with E-state index in [9.17, 15) is 0 Å². The zero-order valence-corrected chi connectivity index (χ0v) is 14.2. The molecule has 5 rings (SSSR count). The number of hydrogen-bond acceptors (Lipinski definition) is 0. The Labute approximate surface area is 138 Å². The van der Waals surface area contributed by atoms with Crippen molar-refractivity contribution in [1.82, 2.24) is 0 Å². The van der Waals surface area contributed by atoms with E-state index >= 15 is 0 Å². The highest BCUT2D eigenvalue weighted by Crippen LogP contribution is 2.52. The smallest absolute Gasteiger partial charge is 0.0847 e. The summed E-state index contributed by atoms with van der Waals surface area (Å²) in [5.41, 5.74) is 7.31. The van der Waals surface area contributed by atoms with Crippen LogP contribution in [0.4, 0.5) is 0 Å². The first kappa shape index (κ1) is 13.3. The van der Waals surface area contributed by atoms with Crippen molar-refractivity contribution in [3.63, 3.8) is 0 Å². The molecule has 1 heterocycles. The summed E-state index contributed by atoms with van der Waals surface area (Å²) in [6.07, 6.45) is 14.7. The van der Waals surface area contributed by atoms with Crippen LogP contribution in [0.2, 0.25) is 12.1 Å². The Morgan fingerprint density at radius 1 is 0.652 bits per heavy atom. The molecule has 0 saturated carbocycles. The molecule has 2 atom stereocenters. The minimum atomic E-state index is -1.55. The lowest BCUT2D eigenvalue weighted by Crippen LogP contribution is -2.43. The summed E-state index contributed by atoms with van der Waals surface area (Å²) in [6.45, 7) is 0. The third-order valence-corrected chi connectivity index (χ3v) is 11.5. The molecule has 0 fully saturated rings. The molecule has 2 aromatic rings. The molecule has 1 heteroatoms. The van der Waals surface area contributed by atoms with E-state index in [4.69, 9.17) is 0 Å². The highest BCUT2D eigenvalue weighted by Gasteiger charge is 2.49. The van der Waals surface area contributed by atoms with Crippen LogP contribution < -0.4 is 0 Å². The predicted molar refractivity (Wildman–Crippen MR) is 101 cm³/mol. The first-order valence-electron chi connectivity index (χ1n) is 8.58. The van der Waals surface area contributed by atoms with Crippen LogP contribution in [0.25, 0.3) is 12.2 Å². The first-order valence-corrected chi connectivity index (χ1v) is 11.1. The van der Waals surface area contributed by atoms with Crippen LogP contribution in [-0.4, -0.2) is 8.07 Å². The Balaban J connectivity index is 1.64. The van der Waals surface area contributed by atoms with Gasteiger partial charge in [0.05, 0.1) is 8.07 Å². The van der Waals surface area contributed by atoms with Gasteiger partial charge in [-0.05, 0) is 45.4 Å². The van der Waals surface area contributed by atoms with Gasteiger partial charge in [-0.25, -0.2) is 0 Å². The minimum Gasteiger partial charge on any atom is -0.0914 e. The summed E-state index contributed by atoms with van der Waals surface area (Å²) in [7, 11) is -1.55. The number of fused-ring (bicyclic) bond motifs is 2. The fourth-order valence-corrected chi connectivity index (χ4v) is 10.4. The van der Waals surface area contributed by atoms with Gasteiger partial charge < -0.3 is 0 Å². The average Bonchev–Trinajstić information content (AvgIpc) is 3.32. The molecule has 1 aliphatic heterocycles. The van der Waals surface area contributed by atoms with Crippen molar-refractivity contribution in [1.29, 1.82) is 0 Å². The number of benzene rings is 2. The Hall–Kier alpha value is -2.12. The third kappa shape index (κ3) is 1.83. The maximum absolute atomic E-state index is 2.51. The molecule has 2 unspecified atom stereocenters. The second kappa shape index (κ2) is 4.94. The van der Waals surface area contributed by atoms with Crippen molar-refractivity contribution in [2.24, 2.45) is 0 Å². The summed E-state index contributed by atoms with van der Waals surface area (Å²) < 4.78 is 0. The lowest BCUT2D eigenvalue weighted by Gasteiger charge is -2.39. The molecule has 0 N–H and O–H groups in total. The van der Waals surface area contributed by atoms with E-state index in [1.165, 1.54) is 23.2 Å². The molecule has 0 aromatic heterocycles. The van der Waals surface area contributed by atoms with Crippen molar-refractivity contribution in [3.05, 3.63) is 95.1 Å². The fourth-order valence-electron chi connectivity index (χ4n) is 4.89. The molecule has 0 spiro atoms. The van der Waals surface area contributed by atoms with Crippen molar-refractivity contribution >= 4 is 20.2 Å². The Kier molecular flexibility index (Phi) is 2.86. The molecule has 2 aliphatic carbocycles. The van der Waals surface area contributed by atoms with Crippen LogP contribution in [-0.2, 0) is 0 Å². The lowest BCUT2D eigenvalue weighted by atomic mass is 10.1. The highest BCUT2D eigenvalue weighted by atomic mass is 28.3. The van der Waals surface area contributed by atoms with Gasteiger partial charge in [-0.3, -0.25) is 0 Å². The summed E-state index contributed by atoms with van der Waals surface area (Å²) in [5, 5.41) is 0. The van der Waals surface area contributed by atoms with Crippen LogP contribution in [0.15, 0.2) is 72.8 Å².